The predicted octanol–water partition coefficient (Wildman–Crippen LogP) is 5.39. The van der Waals surface area contributed by atoms with Crippen molar-refractivity contribution >= 4 is 12.0 Å². The summed E-state index contributed by atoms with van der Waals surface area (Å²) < 4.78 is 6.25. The minimum Gasteiger partial charge on any atom is -0.430 e. The normalized spacial score (nSPS) is 30.8. The quantitative estimate of drug-likeness (QED) is 0.629. The molecule has 1 heterocycles. The Kier molecular flexibility index (Phi) is 4.76. The van der Waals surface area contributed by atoms with Gasteiger partial charge in [-0.3, -0.25) is 4.79 Å². The number of carbonyl (C=O) groups excluding carboxylic acids is 2. The van der Waals surface area contributed by atoms with Crippen molar-refractivity contribution in [3.63, 3.8) is 0 Å². The van der Waals surface area contributed by atoms with Crippen molar-refractivity contribution in [1.29, 1.82) is 0 Å². The van der Waals surface area contributed by atoms with E-state index in [1.54, 1.807) is 0 Å². The average molecular weight is 416 g/mol. The molecule has 0 aromatic heterocycles. The number of cyclic esters (lactones) is 1. The summed E-state index contributed by atoms with van der Waals surface area (Å²) in [6.07, 6.45) is 4.88. The number of fused-ring (bicyclic) bond motifs is 2. The number of rotatable bonds is 4. The highest BCUT2D eigenvalue weighted by atomic mass is 16.6. The summed E-state index contributed by atoms with van der Waals surface area (Å²) >= 11 is 0. The maximum Gasteiger partial charge on any atom is 0.418 e. The van der Waals surface area contributed by atoms with Crippen LogP contribution in [0.3, 0.4) is 0 Å². The molecule has 2 aromatic carbocycles. The fraction of sp³-hybridized carbons (Fsp3) is 0.407. The summed E-state index contributed by atoms with van der Waals surface area (Å²) in [7, 11) is 0. The maximum atomic E-state index is 13.9. The number of nitrogens with zero attached hydrogens (tertiary/aromatic N) is 1. The van der Waals surface area contributed by atoms with Crippen LogP contribution >= 0.6 is 0 Å². The third-order valence-electron chi connectivity index (χ3n) is 7.55. The van der Waals surface area contributed by atoms with Gasteiger partial charge in [-0.15, -0.1) is 0 Å². The lowest BCUT2D eigenvalue weighted by Crippen LogP contribution is -2.52. The van der Waals surface area contributed by atoms with Gasteiger partial charge in [-0.2, -0.15) is 0 Å². The topological polar surface area (TPSA) is 46.6 Å². The molecule has 0 unspecified atom stereocenters. The standard InChI is InChI=1S/C27H29NO3/c1-17(2)24-27(21-10-6-4-7-11-21,22-12-8-5-9-13-22)31-26(30)28(24)25(29)23-18(3)19-14-15-20(23)16-19/h4-15,17-20,23-24H,16H2,1-3H3/t18-,19-,20+,23+,24+/m1/s1. The first-order chi connectivity index (χ1) is 14.9. The molecule has 1 saturated heterocycles. The van der Waals surface area contributed by atoms with E-state index in [0.29, 0.717) is 5.92 Å². The highest BCUT2D eigenvalue weighted by Crippen LogP contribution is 2.52. The van der Waals surface area contributed by atoms with Gasteiger partial charge in [-0.1, -0.05) is 93.6 Å². The van der Waals surface area contributed by atoms with Crippen LogP contribution in [0.2, 0.25) is 0 Å². The number of amides is 2. The van der Waals surface area contributed by atoms with E-state index in [9.17, 15) is 9.59 Å². The summed E-state index contributed by atoms with van der Waals surface area (Å²) in [6.45, 7) is 6.28. The zero-order valence-electron chi connectivity index (χ0n) is 18.3. The second-order valence-electron chi connectivity index (χ2n) is 9.57. The summed E-state index contributed by atoms with van der Waals surface area (Å²) in [5.41, 5.74) is 0.758. The van der Waals surface area contributed by atoms with Crippen molar-refractivity contribution in [2.45, 2.75) is 38.8 Å². The Balaban J connectivity index is 1.64. The van der Waals surface area contributed by atoms with Crippen LogP contribution in [0.15, 0.2) is 72.8 Å². The lowest BCUT2D eigenvalue weighted by molar-refractivity contribution is -0.136. The largest absolute Gasteiger partial charge is 0.430 e. The fourth-order valence-electron chi connectivity index (χ4n) is 6.17. The summed E-state index contributed by atoms with van der Waals surface area (Å²) in [6, 6.07) is 19.3. The van der Waals surface area contributed by atoms with Gasteiger partial charge in [0.25, 0.3) is 0 Å². The van der Waals surface area contributed by atoms with E-state index in [1.807, 2.05) is 60.7 Å². The van der Waals surface area contributed by atoms with Crippen LogP contribution in [0, 0.1) is 29.6 Å². The second kappa shape index (κ2) is 7.37. The van der Waals surface area contributed by atoms with Gasteiger partial charge in [0.1, 0.15) is 0 Å². The van der Waals surface area contributed by atoms with Gasteiger partial charge < -0.3 is 4.74 Å². The number of carbonyl (C=O) groups is 2. The molecule has 0 N–H and O–H groups in total. The smallest absolute Gasteiger partial charge is 0.418 e. The van der Waals surface area contributed by atoms with Gasteiger partial charge >= 0.3 is 6.09 Å². The highest BCUT2D eigenvalue weighted by Gasteiger charge is 2.61. The Morgan fingerprint density at radius 2 is 1.52 bits per heavy atom. The molecule has 0 spiro atoms. The molecule has 5 atom stereocenters. The number of allylic oxidation sites excluding steroid dienone is 2. The second-order valence-corrected chi connectivity index (χ2v) is 9.57. The third-order valence-corrected chi connectivity index (χ3v) is 7.55. The summed E-state index contributed by atoms with van der Waals surface area (Å²) in [5, 5.41) is 0. The van der Waals surface area contributed by atoms with Crippen LogP contribution in [0.4, 0.5) is 4.79 Å². The Morgan fingerprint density at radius 1 is 0.968 bits per heavy atom. The van der Waals surface area contributed by atoms with Crippen molar-refractivity contribution in [2.24, 2.45) is 29.6 Å². The maximum absolute atomic E-state index is 13.9. The van der Waals surface area contributed by atoms with E-state index in [4.69, 9.17) is 4.74 Å². The van der Waals surface area contributed by atoms with E-state index in [2.05, 4.69) is 32.9 Å². The minimum atomic E-state index is -1.03. The first-order valence-corrected chi connectivity index (χ1v) is 11.3. The Morgan fingerprint density at radius 3 is 2.00 bits per heavy atom. The molecule has 5 rings (SSSR count). The van der Waals surface area contributed by atoms with E-state index in [0.717, 1.165) is 17.5 Å². The molecule has 3 aliphatic rings. The van der Waals surface area contributed by atoms with Crippen LogP contribution in [0.25, 0.3) is 0 Å². The molecule has 2 aromatic rings. The van der Waals surface area contributed by atoms with E-state index >= 15 is 0 Å². The zero-order valence-corrected chi connectivity index (χ0v) is 18.3. The van der Waals surface area contributed by atoms with Gasteiger partial charge in [-0.25, -0.2) is 9.69 Å². The van der Waals surface area contributed by atoms with Crippen molar-refractivity contribution in [1.82, 2.24) is 4.90 Å². The van der Waals surface area contributed by atoms with E-state index < -0.39 is 17.7 Å². The minimum absolute atomic E-state index is 0.0141. The molecule has 4 heteroatoms. The van der Waals surface area contributed by atoms with Gasteiger partial charge in [0, 0.05) is 17.0 Å². The molecule has 31 heavy (non-hydrogen) atoms. The number of hydrogen-bond donors (Lipinski definition) is 0. The van der Waals surface area contributed by atoms with Gasteiger partial charge in [-0.05, 0) is 30.1 Å². The van der Waals surface area contributed by atoms with Crippen LogP contribution in [0.5, 0.6) is 0 Å². The summed E-state index contributed by atoms with van der Waals surface area (Å²) in [4.78, 5) is 28.8. The predicted molar refractivity (Wildman–Crippen MR) is 119 cm³/mol. The summed E-state index contributed by atoms with van der Waals surface area (Å²) in [5.74, 6) is 0.666. The number of ether oxygens (including phenoxy) is 1. The third kappa shape index (κ3) is 2.88. The zero-order chi connectivity index (χ0) is 21.8. The van der Waals surface area contributed by atoms with Crippen LogP contribution in [-0.4, -0.2) is 22.9 Å². The van der Waals surface area contributed by atoms with Crippen molar-refractivity contribution < 1.29 is 14.3 Å². The van der Waals surface area contributed by atoms with Crippen LogP contribution in [0.1, 0.15) is 38.3 Å². The lowest BCUT2D eigenvalue weighted by atomic mass is 9.75. The van der Waals surface area contributed by atoms with Gasteiger partial charge in [0.2, 0.25) is 5.91 Å². The Labute approximate surface area is 183 Å². The average Bonchev–Trinajstić information content (AvgIpc) is 3.46. The van der Waals surface area contributed by atoms with Gasteiger partial charge in [0.15, 0.2) is 5.60 Å². The first-order valence-electron chi connectivity index (χ1n) is 11.3. The number of benzene rings is 2. The Hall–Kier alpha value is -2.88. The molecular formula is C27H29NO3. The molecule has 2 fully saturated rings. The van der Waals surface area contributed by atoms with E-state index in [-0.39, 0.29) is 29.6 Å². The van der Waals surface area contributed by atoms with Crippen molar-refractivity contribution in [3.05, 3.63) is 83.9 Å². The van der Waals surface area contributed by atoms with Crippen LogP contribution < -0.4 is 0 Å². The molecule has 1 aliphatic heterocycles. The Bertz CT molecular complexity index is 974. The lowest BCUT2D eigenvalue weighted by Gasteiger charge is -2.38. The first kappa shape index (κ1) is 20.0. The molecule has 160 valence electrons. The number of hydrogen-bond acceptors (Lipinski definition) is 3. The molecule has 0 radical (unpaired) electrons. The monoisotopic (exact) mass is 415 g/mol. The molecule has 1 saturated carbocycles. The molecule has 2 bridgehead atoms. The fourth-order valence-corrected chi connectivity index (χ4v) is 6.17. The van der Waals surface area contributed by atoms with Crippen molar-refractivity contribution in [2.75, 3.05) is 0 Å². The van der Waals surface area contributed by atoms with E-state index in [1.165, 1.54) is 4.90 Å². The SMILES string of the molecule is CC(C)[C@@H]1N(C(=O)[C@H]2[C@H](C)[C@@H]3C=C[C@H]2C3)C(=O)OC1(c1ccccc1)c1ccccc1. The molecule has 4 nitrogen and oxygen atoms in total. The number of imide groups is 1. The van der Waals surface area contributed by atoms with Gasteiger partial charge in [0.05, 0.1) is 6.04 Å². The highest BCUT2D eigenvalue weighted by molar-refractivity contribution is 5.96. The van der Waals surface area contributed by atoms with Crippen LogP contribution in [-0.2, 0) is 15.1 Å². The molecule has 2 aliphatic carbocycles. The van der Waals surface area contributed by atoms with Crippen molar-refractivity contribution in [3.8, 4) is 0 Å². The molecular weight excluding hydrogens is 386 g/mol. The molecule has 2 amide bonds.